The van der Waals surface area contributed by atoms with Crippen LogP contribution in [0.4, 0.5) is 0 Å². The summed E-state index contributed by atoms with van der Waals surface area (Å²) in [6, 6.07) is 7.13. The molecule has 6 heteroatoms. The Morgan fingerprint density at radius 3 is 2.95 bits per heavy atom. The molecular formula is C15H12N2O3S. The van der Waals surface area contributed by atoms with Gasteiger partial charge in [-0.1, -0.05) is 12.7 Å². The number of aromatic nitrogens is 1. The van der Waals surface area contributed by atoms with Crippen LogP contribution in [-0.2, 0) is 0 Å². The highest BCUT2D eigenvalue weighted by molar-refractivity contribution is 7.17. The lowest BCUT2D eigenvalue weighted by molar-refractivity contribution is 0.0701. The van der Waals surface area contributed by atoms with Gasteiger partial charge in [-0.3, -0.25) is 0 Å². The Morgan fingerprint density at radius 2 is 2.38 bits per heavy atom. The third kappa shape index (κ3) is 3.09. The number of carboxylic acid groups (broad SMARTS) is 1. The fourth-order valence-corrected chi connectivity index (χ4v) is 2.64. The van der Waals surface area contributed by atoms with Crippen LogP contribution in [-0.4, -0.2) is 22.7 Å². The van der Waals surface area contributed by atoms with Gasteiger partial charge in [0.05, 0.1) is 11.3 Å². The van der Waals surface area contributed by atoms with Gasteiger partial charge in [-0.2, -0.15) is 5.26 Å². The van der Waals surface area contributed by atoms with Crippen LogP contribution >= 0.6 is 11.3 Å². The first-order valence-corrected chi connectivity index (χ1v) is 6.87. The van der Waals surface area contributed by atoms with Crippen LogP contribution in [0.1, 0.15) is 20.9 Å². The first-order chi connectivity index (χ1) is 10.1. The number of nitrogens with zero attached hydrogens (tertiary/aromatic N) is 2. The molecule has 0 spiro atoms. The molecule has 0 amide bonds. The van der Waals surface area contributed by atoms with Crippen molar-refractivity contribution in [1.29, 1.82) is 5.26 Å². The number of aryl methyl sites for hydroxylation is 1. The fourth-order valence-electron chi connectivity index (χ4n) is 1.74. The van der Waals surface area contributed by atoms with Crippen molar-refractivity contribution in [2.75, 3.05) is 6.61 Å². The number of aromatic carboxylic acids is 1. The van der Waals surface area contributed by atoms with E-state index in [0.29, 0.717) is 34.2 Å². The van der Waals surface area contributed by atoms with Crippen LogP contribution in [0, 0.1) is 18.3 Å². The average Bonchev–Trinajstić information content (AvgIpc) is 2.87. The lowest BCUT2D eigenvalue weighted by Gasteiger charge is -2.06. The van der Waals surface area contributed by atoms with E-state index in [1.807, 2.05) is 0 Å². The van der Waals surface area contributed by atoms with Crippen molar-refractivity contribution in [3.05, 3.63) is 47.0 Å². The zero-order chi connectivity index (χ0) is 15.4. The molecule has 2 aromatic rings. The molecule has 1 aromatic heterocycles. The molecular weight excluding hydrogens is 288 g/mol. The highest BCUT2D eigenvalue weighted by Crippen LogP contribution is 2.31. The molecule has 0 bridgehead atoms. The van der Waals surface area contributed by atoms with E-state index in [2.05, 4.69) is 17.6 Å². The van der Waals surface area contributed by atoms with E-state index in [9.17, 15) is 10.1 Å². The molecule has 0 saturated carbocycles. The Hall–Kier alpha value is -2.65. The van der Waals surface area contributed by atoms with Crippen molar-refractivity contribution >= 4 is 17.3 Å². The normalized spacial score (nSPS) is 9.90. The number of hydrogen-bond acceptors (Lipinski definition) is 5. The standard InChI is InChI=1S/C15H12N2O3S/c1-3-6-20-12-5-4-10(7-11(12)8-16)14-17-9(2)13(21-14)15(18)19/h3-5,7H,1,6H2,2H3,(H,18,19). The number of ether oxygens (including phenoxy) is 1. The van der Waals surface area contributed by atoms with Crippen LogP contribution in [0.5, 0.6) is 5.75 Å². The Balaban J connectivity index is 2.41. The minimum Gasteiger partial charge on any atom is -0.488 e. The molecule has 0 aliphatic carbocycles. The number of thiazole rings is 1. The summed E-state index contributed by atoms with van der Waals surface area (Å²) in [5.74, 6) is -0.532. The molecule has 0 aliphatic heterocycles. The molecule has 0 aliphatic rings. The maximum atomic E-state index is 11.1. The first kappa shape index (κ1) is 14.8. The largest absolute Gasteiger partial charge is 0.488 e. The zero-order valence-electron chi connectivity index (χ0n) is 11.3. The number of carbonyl (C=O) groups is 1. The quantitative estimate of drug-likeness (QED) is 0.857. The summed E-state index contributed by atoms with van der Waals surface area (Å²) in [4.78, 5) is 15.5. The van der Waals surface area contributed by atoms with E-state index < -0.39 is 5.97 Å². The molecule has 5 nitrogen and oxygen atoms in total. The topological polar surface area (TPSA) is 83.2 Å². The predicted octanol–water partition coefficient (Wildman–Crippen LogP) is 3.25. The van der Waals surface area contributed by atoms with Crippen molar-refractivity contribution in [2.45, 2.75) is 6.92 Å². The lowest BCUT2D eigenvalue weighted by Crippen LogP contribution is -1.95. The predicted molar refractivity (Wildman–Crippen MR) is 79.7 cm³/mol. The second-order valence-corrected chi connectivity index (χ2v) is 5.16. The third-order valence-corrected chi connectivity index (χ3v) is 3.89. The van der Waals surface area contributed by atoms with Gasteiger partial charge < -0.3 is 9.84 Å². The molecule has 0 atom stereocenters. The van der Waals surface area contributed by atoms with Crippen molar-refractivity contribution < 1.29 is 14.6 Å². The second kappa shape index (κ2) is 6.20. The summed E-state index contributed by atoms with van der Waals surface area (Å²) >= 11 is 1.09. The number of hydrogen-bond donors (Lipinski definition) is 1. The summed E-state index contributed by atoms with van der Waals surface area (Å²) in [7, 11) is 0. The van der Waals surface area contributed by atoms with E-state index in [4.69, 9.17) is 9.84 Å². The highest BCUT2D eigenvalue weighted by Gasteiger charge is 2.16. The summed E-state index contributed by atoms with van der Waals surface area (Å²) in [5, 5.41) is 18.8. The van der Waals surface area contributed by atoms with Crippen LogP contribution in [0.3, 0.4) is 0 Å². The Morgan fingerprint density at radius 1 is 1.62 bits per heavy atom. The maximum absolute atomic E-state index is 11.1. The summed E-state index contributed by atoms with van der Waals surface area (Å²) in [6.07, 6.45) is 1.60. The minimum absolute atomic E-state index is 0.204. The average molecular weight is 300 g/mol. The number of benzene rings is 1. The van der Waals surface area contributed by atoms with Gasteiger partial charge in [0.2, 0.25) is 0 Å². The van der Waals surface area contributed by atoms with E-state index >= 15 is 0 Å². The van der Waals surface area contributed by atoms with Crippen molar-refractivity contribution in [1.82, 2.24) is 4.98 Å². The van der Waals surface area contributed by atoms with E-state index in [-0.39, 0.29) is 4.88 Å². The molecule has 2 rings (SSSR count). The van der Waals surface area contributed by atoms with Crippen molar-refractivity contribution in [2.24, 2.45) is 0 Å². The van der Waals surface area contributed by atoms with Gasteiger partial charge in [-0.05, 0) is 25.1 Å². The van der Waals surface area contributed by atoms with Crippen LogP contribution in [0.25, 0.3) is 10.6 Å². The van der Waals surface area contributed by atoms with Gasteiger partial charge >= 0.3 is 5.97 Å². The van der Waals surface area contributed by atoms with Gasteiger partial charge in [0.15, 0.2) is 0 Å². The van der Waals surface area contributed by atoms with Gasteiger partial charge in [0.1, 0.15) is 28.3 Å². The van der Waals surface area contributed by atoms with Crippen LogP contribution in [0.15, 0.2) is 30.9 Å². The number of carboxylic acids is 1. The maximum Gasteiger partial charge on any atom is 0.347 e. The molecule has 106 valence electrons. The van der Waals surface area contributed by atoms with E-state index in [1.165, 1.54) is 0 Å². The van der Waals surface area contributed by atoms with Gasteiger partial charge in [-0.25, -0.2) is 9.78 Å². The zero-order valence-corrected chi connectivity index (χ0v) is 12.1. The summed E-state index contributed by atoms with van der Waals surface area (Å²) < 4.78 is 5.38. The lowest BCUT2D eigenvalue weighted by atomic mass is 10.1. The SMILES string of the molecule is C=CCOc1ccc(-c2nc(C)c(C(=O)O)s2)cc1C#N. The van der Waals surface area contributed by atoms with Crippen molar-refractivity contribution in [3.63, 3.8) is 0 Å². The smallest absolute Gasteiger partial charge is 0.347 e. The fraction of sp³-hybridized carbons (Fsp3) is 0.133. The Labute approximate surface area is 125 Å². The molecule has 0 radical (unpaired) electrons. The van der Waals surface area contributed by atoms with E-state index in [1.54, 1.807) is 31.2 Å². The molecule has 1 N–H and O–H groups in total. The van der Waals surface area contributed by atoms with Crippen molar-refractivity contribution in [3.8, 4) is 22.4 Å². The molecule has 1 heterocycles. The Kier molecular flexibility index (Phi) is 4.36. The monoisotopic (exact) mass is 300 g/mol. The van der Waals surface area contributed by atoms with Gasteiger partial charge in [0.25, 0.3) is 0 Å². The third-order valence-electron chi connectivity index (χ3n) is 2.69. The molecule has 21 heavy (non-hydrogen) atoms. The first-order valence-electron chi connectivity index (χ1n) is 6.05. The second-order valence-electron chi connectivity index (χ2n) is 4.16. The highest BCUT2D eigenvalue weighted by atomic mass is 32.1. The Bertz CT molecular complexity index is 744. The van der Waals surface area contributed by atoms with E-state index in [0.717, 1.165) is 11.3 Å². The number of rotatable bonds is 5. The van der Waals surface area contributed by atoms with Gasteiger partial charge in [-0.15, -0.1) is 11.3 Å². The van der Waals surface area contributed by atoms with Crippen LogP contribution in [0.2, 0.25) is 0 Å². The minimum atomic E-state index is -0.998. The van der Waals surface area contributed by atoms with Crippen LogP contribution < -0.4 is 4.74 Å². The molecule has 1 aromatic carbocycles. The summed E-state index contributed by atoms with van der Waals surface area (Å²) in [5.41, 5.74) is 1.53. The molecule has 0 saturated heterocycles. The number of nitriles is 1. The summed E-state index contributed by atoms with van der Waals surface area (Å²) in [6.45, 7) is 5.52. The van der Waals surface area contributed by atoms with Gasteiger partial charge in [0, 0.05) is 5.56 Å². The molecule has 0 unspecified atom stereocenters. The molecule has 0 fully saturated rings.